The zero-order chi connectivity index (χ0) is 21.3. The number of benzene rings is 1. The number of aliphatic imine (C=N–C) groups is 1. The Morgan fingerprint density at radius 1 is 1.10 bits per heavy atom. The summed E-state index contributed by atoms with van der Waals surface area (Å²) in [7, 11) is 2.19. The summed E-state index contributed by atoms with van der Waals surface area (Å²) in [5.74, 6) is 0.987. The highest BCUT2D eigenvalue weighted by molar-refractivity contribution is 14.0. The number of carbonyl (C=O) groups is 1. The quantitative estimate of drug-likeness (QED) is 0.327. The lowest BCUT2D eigenvalue weighted by Gasteiger charge is -2.36. The van der Waals surface area contributed by atoms with Gasteiger partial charge in [0.25, 0.3) is 0 Å². The van der Waals surface area contributed by atoms with Gasteiger partial charge in [-0.15, -0.1) is 24.0 Å². The topological polar surface area (TPSA) is 54.4 Å². The lowest BCUT2D eigenvalue weighted by molar-refractivity contribution is -0.135. The van der Waals surface area contributed by atoms with Gasteiger partial charge in [-0.1, -0.05) is 23.7 Å². The highest BCUT2D eigenvalue weighted by Crippen LogP contribution is 2.13. The highest BCUT2D eigenvalue weighted by Gasteiger charge is 2.26. The van der Waals surface area contributed by atoms with Crippen molar-refractivity contribution in [1.82, 2.24) is 24.9 Å². The summed E-state index contributed by atoms with van der Waals surface area (Å²) in [6, 6.07) is 7.70. The number of likely N-dealkylation sites (N-methyl/N-ethyl adjacent to an activating group) is 1. The fourth-order valence-corrected chi connectivity index (χ4v) is 4.04. The van der Waals surface area contributed by atoms with Crippen LogP contribution in [0.5, 0.6) is 0 Å². The number of amides is 1. The molecule has 0 radical (unpaired) electrons. The van der Waals surface area contributed by atoms with Crippen LogP contribution in [-0.4, -0.2) is 104 Å². The molecule has 174 valence electrons. The molecule has 0 bridgehead atoms. The van der Waals surface area contributed by atoms with Crippen molar-refractivity contribution in [1.29, 1.82) is 0 Å². The van der Waals surface area contributed by atoms with E-state index in [1.54, 1.807) is 0 Å². The third-order valence-corrected chi connectivity index (χ3v) is 5.98. The minimum atomic E-state index is 0. The van der Waals surface area contributed by atoms with Gasteiger partial charge in [-0.2, -0.15) is 0 Å². The second kappa shape index (κ2) is 13.4. The van der Waals surface area contributed by atoms with E-state index in [1.165, 1.54) is 13.0 Å². The van der Waals surface area contributed by atoms with Crippen LogP contribution in [0.2, 0.25) is 5.02 Å². The Hall–Kier alpha value is -1.10. The van der Waals surface area contributed by atoms with Crippen molar-refractivity contribution in [3.05, 3.63) is 34.9 Å². The molecule has 0 aliphatic carbocycles. The number of piperazine rings is 1. The third-order valence-electron chi connectivity index (χ3n) is 5.73. The second-order valence-electron chi connectivity index (χ2n) is 8.10. The molecule has 0 spiro atoms. The maximum Gasteiger partial charge on any atom is 0.242 e. The van der Waals surface area contributed by atoms with E-state index in [2.05, 4.69) is 34.0 Å². The molecule has 0 aromatic heterocycles. The minimum absolute atomic E-state index is 0. The molecule has 1 aromatic carbocycles. The molecule has 2 aliphatic rings. The summed E-state index contributed by atoms with van der Waals surface area (Å²) in [6.07, 6.45) is 1.21. The minimum Gasteiger partial charge on any atom is -0.357 e. The van der Waals surface area contributed by atoms with Gasteiger partial charge >= 0.3 is 0 Å². The molecule has 31 heavy (non-hydrogen) atoms. The number of nitrogens with zero attached hydrogens (tertiary/aromatic N) is 5. The standard InChI is InChI=1S/C22H35ClN6O.HI/c1-3-24-22(25-9-12-27-11-4-10-26(2)13-14-27)29-16-15-28(21(30)18-29)17-19-5-7-20(23)8-6-19;/h5-8H,3-4,9-18H2,1-2H3,(H,24,25);1H. The van der Waals surface area contributed by atoms with Crippen molar-refractivity contribution in [3.8, 4) is 0 Å². The Morgan fingerprint density at radius 2 is 1.87 bits per heavy atom. The fourth-order valence-electron chi connectivity index (χ4n) is 3.91. The summed E-state index contributed by atoms with van der Waals surface area (Å²) in [5.41, 5.74) is 1.10. The molecule has 1 N–H and O–H groups in total. The van der Waals surface area contributed by atoms with E-state index in [1.807, 2.05) is 29.2 Å². The van der Waals surface area contributed by atoms with E-state index >= 15 is 0 Å². The monoisotopic (exact) mass is 562 g/mol. The molecular formula is C22H36ClIN6O. The number of rotatable bonds is 6. The molecule has 2 heterocycles. The van der Waals surface area contributed by atoms with Crippen LogP contribution in [0.1, 0.15) is 18.9 Å². The number of halogens is 2. The van der Waals surface area contributed by atoms with Gasteiger partial charge in [-0.05, 0) is 51.2 Å². The predicted molar refractivity (Wildman–Crippen MR) is 138 cm³/mol. The summed E-state index contributed by atoms with van der Waals surface area (Å²) < 4.78 is 0. The smallest absolute Gasteiger partial charge is 0.242 e. The van der Waals surface area contributed by atoms with Crippen LogP contribution in [0.25, 0.3) is 0 Å². The molecule has 0 saturated carbocycles. The Bertz CT molecular complexity index is 716. The van der Waals surface area contributed by atoms with Crippen molar-refractivity contribution in [2.75, 3.05) is 72.5 Å². The largest absolute Gasteiger partial charge is 0.357 e. The maximum atomic E-state index is 12.7. The SMILES string of the molecule is CCNC(=NCCN1CCCN(C)CC1)N1CCN(Cc2ccc(Cl)cc2)C(=O)C1.I. The van der Waals surface area contributed by atoms with Crippen molar-refractivity contribution >= 4 is 47.4 Å². The molecule has 0 unspecified atom stereocenters. The van der Waals surface area contributed by atoms with Gasteiger partial charge in [0.05, 0.1) is 13.1 Å². The lowest BCUT2D eigenvalue weighted by atomic mass is 10.2. The average Bonchev–Trinajstić information content (AvgIpc) is 2.94. The van der Waals surface area contributed by atoms with Crippen LogP contribution in [0.3, 0.4) is 0 Å². The van der Waals surface area contributed by atoms with Crippen molar-refractivity contribution in [2.45, 2.75) is 19.9 Å². The number of nitrogens with one attached hydrogen (secondary N) is 1. The van der Waals surface area contributed by atoms with Crippen molar-refractivity contribution in [2.24, 2.45) is 4.99 Å². The summed E-state index contributed by atoms with van der Waals surface area (Å²) in [6.45, 7) is 11.6. The Morgan fingerprint density at radius 3 is 2.58 bits per heavy atom. The molecular weight excluding hydrogens is 527 g/mol. The van der Waals surface area contributed by atoms with Gasteiger partial charge in [-0.3, -0.25) is 9.79 Å². The summed E-state index contributed by atoms with van der Waals surface area (Å²) in [5, 5.41) is 4.08. The molecule has 2 saturated heterocycles. The number of hydrogen-bond acceptors (Lipinski definition) is 4. The maximum absolute atomic E-state index is 12.7. The van der Waals surface area contributed by atoms with E-state index in [0.717, 1.165) is 57.3 Å². The summed E-state index contributed by atoms with van der Waals surface area (Å²) >= 11 is 5.96. The van der Waals surface area contributed by atoms with Gasteiger partial charge in [0.15, 0.2) is 5.96 Å². The van der Waals surface area contributed by atoms with Gasteiger partial charge in [0.2, 0.25) is 5.91 Å². The zero-order valence-corrected chi connectivity index (χ0v) is 21.8. The van der Waals surface area contributed by atoms with Gasteiger partial charge < -0.3 is 24.9 Å². The van der Waals surface area contributed by atoms with E-state index in [0.29, 0.717) is 24.7 Å². The highest BCUT2D eigenvalue weighted by atomic mass is 127. The Kier molecular flexibility index (Phi) is 11.3. The normalized spacial score (nSPS) is 19.2. The summed E-state index contributed by atoms with van der Waals surface area (Å²) in [4.78, 5) is 26.4. The molecule has 2 fully saturated rings. The number of guanidine groups is 1. The predicted octanol–water partition coefficient (Wildman–Crippen LogP) is 2.21. The van der Waals surface area contributed by atoms with Crippen molar-refractivity contribution < 1.29 is 4.79 Å². The first-order valence-electron chi connectivity index (χ1n) is 11.0. The van der Waals surface area contributed by atoms with E-state index in [-0.39, 0.29) is 29.9 Å². The Labute approximate surface area is 208 Å². The van der Waals surface area contributed by atoms with Crippen molar-refractivity contribution in [3.63, 3.8) is 0 Å². The van der Waals surface area contributed by atoms with E-state index in [9.17, 15) is 4.79 Å². The van der Waals surface area contributed by atoms with Crippen LogP contribution in [-0.2, 0) is 11.3 Å². The molecule has 0 atom stereocenters. The van der Waals surface area contributed by atoms with Crippen LogP contribution >= 0.6 is 35.6 Å². The number of hydrogen-bond donors (Lipinski definition) is 1. The van der Waals surface area contributed by atoms with Gasteiger partial charge in [0.1, 0.15) is 0 Å². The molecule has 1 amide bonds. The first-order chi connectivity index (χ1) is 14.5. The van der Waals surface area contributed by atoms with Crippen LogP contribution in [0.4, 0.5) is 0 Å². The first-order valence-corrected chi connectivity index (χ1v) is 11.4. The van der Waals surface area contributed by atoms with Gasteiger partial charge in [0, 0.05) is 50.8 Å². The van der Waals surface area contributed by atoms with E-state index in [4.69, 9.17) is 16.6 Å². The van der Waals surface area contributed by atoms with Crippen LogP contribution in [0, 0.1) is 0 Å². The lowest BCUT2D eigenvalue weighted by Crippen LogP contribution is -2.55. The average molecular weight is 563 g/mol. The second-order valence-corrected chi connectivity index (χ2v) is 8.53. The first kappa shape index (κ1) is 26.2. The van der Waals surface area contributed by atoms with Gasteiger partial charge in [-0.25, -0.2) is 0 Å². The molecule has 9 heteroatoms. The molecule has 2 aliphatic heterocycles. The Balaban J connectivity index is 0.00000341. The van der Waals surface area contributed by atoms with Crippen LogP contribution < -0.4 is 5.32 Å². The molecule has 1 aromatic rings. The zero-order valence-electron chi connectivity index (χ0n) is 18.7. The van der Waals surface area contributed by atoms with E-state index < -0.39 is 0 Å². The number of carbonyl (C=O) groups excluding carboxylic acids is 1. The fraction of sp³-hybridized carbons (Fsp3) is 0.636. The van der Waals surface area contributed by atoms with Crippen LogP contribution in [0.15, 0.2) is 29.3 Å². The third kappa shape index (κ3) is 8.40. The molecule has 3 rings (SSSR count). The molecule has 7 nitrogen and oxygen atoms in total.